The number of nitrogens with one attached hydrogen (secondary N) is 5. The molecule has 22 heteroatoms. The summed E-state index contributed by atoms with van der Waals surface area (Å²) in [6.45, 7) is 30.4. The third kappa shape index (κ3) is 19.0. The van der Waals surface area contributed by atoms with Crippen LogP contribution in [0.5, 0.6) is 11.5 Å². The predicted molar refractivity (Wildman–Crippen MR) is 322 cm³/mol. The summed E-state index contributed by atoms with van der Waals surface area (Å²) in [5.74, 6) is -2.65. The Morgan fingerprint density at radius 1 is 0.750 bits per heavy atom. The number of aryl methyl sites for hydroxylation is 1. The van der Waals surface area contributed by atoms with Crippen LogP contribution < -0.4 is 36.1 Å². The van der Waals surface area contributed by atoms with Gasteiger partial charge in [-0.1, -0.05) is 77.9 Å². The number of alkyl carbamates (subject to hydrolysis) is 2. The van der Waals surface area contributed by atoms with E-state index in [1.165, 1.54) is 32.2 Å². The van der Waals surface area contributed by atoms with Crippen molar-refractivity contribution in [1.82, 2.24) is 41.5 Å². The van der Waals surface area contributed by atoms with Crippen LogP contribution in [0.15, 0.2) is 66.9 Å². The van der Waals surface area contributed by atoms with Crippen molar-refractivity contribution in [2.45, 2.75) is 169 Å². The van der Waals surface area contributed by atoms with Crippen molar-refractivity contribution in [3.8, 4) is 34.0 Å². The fourth-order valence-electron chi connectivity index (χ4n) is 8.59. The van der Waals surface area contributed by atoms with Gasteiger partial charge in [-0.2, -0.15) is 0 Å². The monoisotopic (exact) mass is 1180 g/mol. The standard InChI is InChI=1S/C62H88N8O13Si/c1-37-45(36-65-51(66-37)40-20-23-42(24-21-40)59(3,4)5)53(72)68-46(27-30-81-84(17,18)62(12,13)14)55(74)70(15)50-41-22-26-49(80-32-29-64-58(77)83-61(9,10)11)44(35-41)43-33-39(19-25-48(43)79-31-28-63-57(76)82-60(6,7)8)34-47(56(75)78-16)69-52(71)38(2)67-54(50)73/h19-26,33,35-36,38,46-47,50H,27-32,34H2,1-18H3,(H,63,76)(H,64,77)(H,67,73)(H,68,72)(H,69,71)/t38-,46-,47-,50-/m0/s1. The Morgan fingerprint density at radius 2 is 1.31 bits per heavy atom. The zero-order valence-corrected chi connectivity index (χ0v) is 53.3. The Balaban J connectivity index is 1.64. The van der Waals surface area contributed by atoms with Crippen LogP contribution in [-0.2, 0) is 49.7 Å². The van der Waals surface area contributed by atoms with Crippen LogP contribution >= 0.6 is 0 Å². The first-order chi connectivity index (χ1) is 39.0. The molecule has 0 radical (unpaired) electrons. The molecule has 4 bridgehead atoms. The van der Waals surface area contributed by atoms with E-state index in [2.05, 4.69) is 86.2 Å². The molecule has 5 rings (SSSR count). The minimum absolute atomic E-state index is 0.00671. The van der Waals surface area contributed by atoms with E-state index in [4.69, 9.17) is 33.1 Å². The minimum atomic E-state index is -2.40. The zero-order chi connectivity index (χ0) is 62.7. The molecule has 1 aliphatic rings. The molecule has 0 fully saturated rings. The Hall–Kier alpha value is -7.59. The van der Waals surface area contributed by atoms with Gasteiger partial charge in [-0.25, -0.2) is 24.4 Å². The molecular formula is C62H88N8O13Si. The lowest BCUT2D eigenvalue weighted by atomic mass is 9.87. The number of hydrogen-bond acceptors (Lipinski definition) is 15. The van der Waals surface area contributed by atoms with Gasteiger partial charge in [0.25, 0.3) is 5.91 Å². The number of benzene rings is 3. The van der Waals surface area contributed by atoms with Crippen LogP contribution in [0.4, 0.5) is 9.59 Å². The molecule has 5 N–H and O–H groups in total. The number of rotatable bonds is 18. The van der Waals surface area contributed by atoms with Gasteiger partial charge in [0.1, 0.15) is 60.1 Å². The number of nitrogens with zero attached hydrogens (tertiary/aromatic N) is 3. The van der Waals surface area contributed by atoms with Crippen molar-refractivity contribution in [3.05, 3.63) is 94.8 Å². The second kappa shape index (κ2) is 27.9. The van der Waals surface area contributed by atoms with Crippen LogP contribution in [-0.4, -0.2) is 141 Å². The number of carbonyl (C=O) groups is 7. The van der Waals surface area contributed by atoms with E-state index in [0.717, 1.165) is 11.1 Å². The Bertz CT molecular complexity index is 3010. The third-order valence-electron chi connectivity index (χ3n) is 14.2. The Labute approximate surface area is 495 Å². The predicted octanol–water partition coefficient (Wildman–Crippen LogP) is 8.65. The molecule has 0 spiro atoms. The number of carbonyl (C=O) groups excluding carboxylic acids is 7. The molecule has 0 saturated heterocycles. The minimum Gasteiger partial charge on any atom is -0.491 e. The molecule has 458 valence electrons. The average molecular weight is 1180 g/mol. The molecule has 0 aliphatic carbocycles. The number of esters is 1. The number of fused-ring (bicyclic) bond motifs is 5. The van der Waals surface area contributed by atoms with Gasteiger partial charge in [-0.3, -0.25) is 19.2 Å². The molecule has 0 unspecified atom stereocenters. The lowest BCUT2D eigenvalue weighted by Gasteiger charge is -2.37. The quantitative estimate of drug-likeness (QED) is 0.0270. The SMILES string of the molecule is COC(=O)[C@@H]1Cc2ccc(OCCNC(=O)OC(C)(C)C)c(c2)-c2cc(ccc2OCCNC(=O)OC(C)(C)C)[C@H](N(C)C(=O)[C@H](CCO[Si](C)(C)C(C)(C)C)NC(=O)c2cnc(-c3ccc(C(C)(C)C)cc3)nc2C)C(=O)N[C@@H](C)C(=O)N1. The second-order valence-corrected chi connectivity index (χ2v) is 30.3. The van der Waals surface area contributed by atoms with Gasteiger partial charge in [0, 0.05) is 43.0 Å². The maximum Gasteiger partial charge on any atom is 0.407 e. The summed E-state index contributed by atoms with van der Waals surface area (Å²) in [7, 11) is 0.215. The van der Waals surface area contributed by atoms with Crippen molar-refractivity contribution < 1.29 is 61.7 Å². The normalized spacial score (nSPS) is 16.3. The first-order valence-corrected chi connectivity index (χ1v) is 31.2. The highest BCUT2D eigenvalue weighted by Crippen LogP contribution is 2.41. The molecule has 2 heterocycles. The van der Waals surface area contributed by atoms with Gasteiger partial charge in [0.2, 0.25) is 17.7 Å². The van der Waals surface area contributed by atoms with Gasteiger partial charge >= 0.3 is 18.2 Å². The van der Waals surface area contributed by atoms with Crippen LogP contribution in [0.25, 0.3) is 22.5 Å². The Morgan fingerprint density at radius 3 is 1.83 bits per heavy atom. The molecule has 3 aromatic carbocycles. The highest BCUT2D eigenvalue weighted by molar-refractivity contribution is 6.74. The summed E-state index contributed by atoms with van der Waals surface area (Å²) < 4.78 is 35.3. The number of likely N-dealkylation sites (N-methyl/N-ethyl adjacent to an activating group) is 1. The number of ether oxygens (including phenoxy) is 5. The van der Waals surface area contributed by atoms with Gasteiger partial charge in [-0.15, -0.1) is 0 Å². The van der Waals surface area contributed by atoms with E-state index in [-0.39, 0.29) is 78.8 Å². The van der Waals surface area contributed by atoms with Gasteiger partial charge in [0.05, 0.1) is 31.5 Å². The van der Waals surface area contributed by atoms with E-state index >= 15 is 9.59 Å². The summed E-state index contributed by atoms with van der Waals surface area (Å²) >= 11 is 0. The molecule has 1 aliphatic heterocycles. The lowest BCUT2D eigenvalue weighted by Crippen LogP contribution is -2.55. The van der Waals surface area contributed by atoms with E-state index < -0.39 is 85.5 Å². The number of amides is 6. The second-order valence-electron chi connectivity index (χ2n) is 25.5. The fourth-order valence-corrected chi connectivity index (χ4v) is 9.65. The molecule has 6 amide bonds. The highest BCUT2D eigenvalue weighted by atomic mass is 28.4. The molecular weight excluding hydrogens is 1090 g/mol. The smallest absolute Gasteiger partial charge is 0.407 e. The molecule has 21 nitrogen and oxygen atoms in total. The maximum absolute atomic E-state index is 15.4. The van der Waals surface area contributed by atoms with Gasteiger partial charge < -0.3 is 59.6 Å². The molecule has 4 aromatic rings. The van der Waals surface area contributed by atoms with E-state index in [0.29, 0.717) is 28.2 Å². The van der Waals surface area contributed by atoms with Crippen LogP contribution in [0.3, 0.4) is 0 Å². The Kier molecular flexibility index (Phi) is 22.3. The highest BCUT2D eigenvalue weighted by Gasteiger charge is 2.40. The average Bonchev–Trinajstić information content (AvgIpc) is 2.08. The fraction of sp³-hybridized carbons (Fsp3) is 0.532. The topological polar surface area (TPSA) is 264 Å². The summed E-state index contributed by atoms with van der Waals surface area (Å²) in [5.41, 5.74) is 2.33. The maximum atomic E-state index is 15.4. The van der Waals surface area contributed by atoms with Crippen LogP contribution in [0.1, 0.15) is 135 Å². The summed E-state index contributed by atoms with van der Waals surface area (Å²) in [6, 6.07) is 12.6. The van der Waals surface area contributed by atoms with Crippen molar-refractivity contribution in [1.29, 1.82) is 0 Å². The number of aromatic nitrogens is 2. The van der Waals surface area contributed by atoms with Crippen molar-refractivity contribution in [2.75, 3.05) is 47.1 Å². The summed E-state index contributed by atoms with van der Waals surface area (Å²) in [5, 5.41) is 13.6. The van der Waals surface area contributed by atoms with Crippen LogP contribution in [0, 0.1) is 6.92 Å². The van der Waals surface area contributed by atoms with Gasteiger partial charge in [0.15, 0.2) is 14.1 Å². The third-order valence-corrected chi connectivity index (χ3v) is 18.7. The zero-order valence-electron chi connectivity index (χ0n) is 52.3. The van der Waals surface area contributed by atoms with Gasteiger partial charge in [-0.05, 0) is 126 Å². The van der Waals surface area contributed by atoms with E-state index in [1.54, 1.807) is 84.9 Å². The molecule has 1 aromatic heterocycles. The first kappa shape index (κ1) is 67.2. The van der Waals surface area contributed by atoms with Crippen LogP contribution in [0.2, 0.25) is 18.1 Å². The summed E-state index contributed by atoms with van der Waals surface area (Å²) in [4.78, 5) is 108. The van der Waals surface area contributed by atoms with Crippen molar-refractivity contribution in [3.63, 3.8) is 0 Å². The van der Waals surface area contributed by atoms with E-state index in [9.17, 15) is 24.0 Å². The number of hydrogen-bond donors (Lipinski definition) is 5. The number of methoxy groups -OCH3 is 1. The molecule has 84 heavy (non-hydrogen) atoms. The molecule has 4 atom stereocenters. The van der Waals surface area contributed by atoms with Crippen molar-refractivity contribution in [2.24, 2.45) is 0 Å². The largest absolute Gasteiger partial charge is 0.491 e. The summed E-state index contributed by atoms with van der Waals surface area (Å²) in [6.07, 6.45) is 0.0481. The lowest BCUT2D eigenvalue weighted by molar-refractivity contribution is -0.145. The van der Waals surface area contributed by atoms with E-state index in [1.807, 2.05) is 24.3 Å². The molecule has 0 saturated carbocycles. The first-order valence-electron chi connectivity index (χ1n) is 28.3. The van der Waals surface area contributed by atoms with Crippen molar-refractivity contribution >= 4 is 50.1 Å².